The predicted octanol–water partition coefficient (Wildman–Crippen LogP) is 2.26. The highest BCUT2D eigenvalue weighted by molar-refractivity contribution is 5.95. The minimum Gasteiger partial charge on any atom is -0.478 e. The van der Waals surface area contributed by atoms with Crippen LogP contribution in [0.25, 0.3) is 6.08 Å². The van der Waals surface area contributed by atoms with Gasteiger partial charge >= 0.3 is 5.97 Å². The molecule has 4 nitrogen and oxygen atoms in total. The lowest BCUT2D eigenvalue weighted by atomic mass is 10.1. The minimum absolute atomic E-state index is 0.0735. The van der Waals surface area contributed by atoms with Gasteiger partial charge in [0.25, 0.3) is 5.91 Å². The van der Waals surface area contributed by atoms with Crippen LogP contribution in [0.15, 0.2) is 30.3 Å². The Morgan fingerprint density at radius 3 is 2.56 bits per heavy atom. The van der Waals surface area contributed by atoms with E-state index in [4.69, 9.17) is 5.11 Å². The summed E-state index contributed by atoms with van der Waals surface area (Å²) in [7, 11) is 1.74. The van der Waals surface area contributed by atoms with Crippen LogP contribution >= 0.6 is 0 Å². The Kier molecular flexibility index (Phi) is 4.66. The quantitative estimate of drug-likeness (QED) is 0.830. The van der Waals surface area contributed by atoms with Crippen molar-refractivity contribution in [3.05, 3.63) is 41.5 Å². The van der Waals surface area contributed by atoms with Gasteiger partial charge in [0.1, 0.15) is 0 Å². The number of nitrogens with zero attached hydrogens (tertiary/aromatic N) is 1. The number of carboxylic acids is 1. The van der Waals surface area contributed by atoms with Crippen LogP contribution < -0.4 is 0 Å². The van der Waals surface area contributed by atoms with Crippen molar-refractivity contribution in [1.29, 1.82) is 0 Å². The molecule has 1 N–H and O–H groups in total. The zero-order valence-electron chi connectivity index (χ0n) is 10.8. The van der Waals surface area contributed by atoms with Crippen molar-refractivity contribution in [3.63, 3.8) is 0 Å². The molecule has 0 unspecified atom stereocenters. The van der Waals surface area contributed by atoms with E-state index >= 15 is 0 Å². The summed E-state index contributed by atoms with van der Waals surface area (Å²) >= 11 is 0. The van der Waals surface area contributed by atoms with Gasteiger partial charge in [-0.3, -0.25) is 4.79 Å². The van der Waals surface area contributed by atoms with Crippen LogP contribution in [-0.4, -0.2) is 35.0 Å². The maximum Gasteiger partial charge on any atom is 0.328 e. The van der Waals surface area contributed by atoms with Gasteiger partial charge in [0.15, 0.2) is 0 Å². The topological polar surface area (TPSA) is 57.6 Å². The number of carboxylic acid groups (broad SMARTS) is 1. The van der Waals surface area contributed by atoms with Crippen molar-refractivity contribution in [3.8, 4) is 0 Å². The molecule has 18 heavy (non-hydrogen) atoms. The molecule has 1 aromatic rings. The molecular weight excluding hydrogens is 230 g/mol. The van der Waals surface area contributed by atoms with Gasteiger partial charge in [-0.2, -0.15) is 0 Å². The van der Waals surface area contributed by atoms with Crippen molar-refractivity contribution in [2.45, 2.75) is 19.9 Å². The normalized spacial score (nSPS) is 10.9. The Balaban J connectivity index is 2.95. The van der Waals surface area contributed by atoms with E-state index < -0.39 is 5.97 Å². The van der Waals surface area contributed by atoms with Crippen LogP contribution in [0.5, 0.6) is 0 Å². The number of benzene rings is 1. The van der Waals surface area contributed by atoms with Crippen LogP contribution in [0.4, 0.5) is 0 Å². The summed E-state index contributed by atoms with van der Waals surface area (Å²) in [5.74, 6) is -1.08. The molecule has 0 aliphatic carbocycles. The largest absolute Gasteiger partial charge is 0.478 e. The summed E-state index contributed by atoms with van der Waals surface area (Å²) in [4.78, 5) is 24.1. The maximum absolute atomic E-state index is 12.1. The number of carbonyl (C=O) groups excluding carboxylic acids is 1. The average Bonchev–Trinajstić information content (AvgIpc) is 2.34. The van der Waals surface area contributed by atoms with Crippen molar-refractivity contribution in [1.82, 2.24) is 4.90 Å². The summed E-state index contributed by atoms with van der Waals surface area (Å²) in [6.45, 7) is 3.87. The molecule has 4 heteroatoms. The fourth-order valence-corrected chi connectivity index (χ4v) is 1.38. The first-order chi connectivity index (χ1) is 8.41. The summed E-state index contributed by atoms with van der Waals surface area (Å²) in [6.07, 6.45) is 2.52. The first kappa shape index (κ1) is 14.0. The number of hydrogen-bond donors (Lipinski definition) is 1. The van der Waals surface area contributed by atoms with Crippen LogP contribution in [0, 0.1) is 0 Å². The molecule has 0 bridgehead atoms. The second-order valence-electron chi connectivity index (χ2n) is 4.31. The molecule has 0 aromatic heterocycles. The van der Waals surface area contributed by atoms with E-state index in [9.17, 15) is 9.59 Å². The molecule has 0 aliphatic heterocycles. The Bertz CT molecular complexity index is 478. The minimum atomic E-state index is -1.01. The van der Waals surface area contributed by atoms with E-state index in [1.165, 1.54) is 6.08 Å². The molecule has 0 fully saturated rings. The fraction of sp³-hybridized carbons (Fsp3) is 0.286. The first-order valence-corrected chi connectivity index (χ1v) is 5.70. The number of carbonyl (C=O) groups is 2. The monoisotopic (exact) mass is 247 g/mol. The number of aliphatic carboxylic acids is 1. The molecule has 0 saturated carbocycles. The zero-order chi connectivity index (χ0) is 13.7. The Morgan fingerprint density at radius 2 is 2.00 bits per heavy atom. The lowest BCUT2D eigenvalue weighted by molar-refractivity contribution is -0.131. The number of hydrogen-bond acceptors (Lipinski definition) is 2. The molecule has 1 rings (SSSR count). The first-order valence-electron chi connectivity index (χ1n) is 5.70. The third-order valence-electron chi connectivity index (χ3n) is 2.65. The second kappa shape index (κ2) is 6.00. The third kappa shape index (κ3) is 3.73. The van der Waals surface area contributed by atoms with Gasteiger partial charge in [0.05, 0.1) is 0 Å². The fourth-order valence-electron chi connectivity index (χ4n) is 1.38. The zero-order valence-corrected chi connectivity index (χ0v) is 10.8. The van der Waals surface area contributed by atoms with E-state index in [1.54, 1.807) is 36.2 Å². The molecule has 0 heterocycles. The average molecular weight is 247 g/mol. The predicted molar refractivity (Wildman–Crippen MR) is 70.3 cm³/mol. The van der Waals surface area contributed by atoms with Gasteiger partial charge in [0.2, 0.25) is 0 Å². The Morgan fingerprint density at radius 1 is 1.33 bits per heavy atom. The highest BCUT2D eigenvalue weighted by Crippen LogP contribution is 2.10. The third-order valence-corrected chi connectivity index (χ3v) is 2.65. The Hall–Kier alpha value is -2.10. The van der Waals surface area contributed by atoms with E-state index in [2.05, 4.69) is 0 Å². The van der Waals surface area contributed by atoms with Crippen LogP contribution in [0.2, 0.25) is 0 Å². The SMILES string of the molecule is CC(C)N(C)C(=O)c1cccc(/C=C/C(=O)O)c1. The summed E-state index contributed by atoms with van der Waals surface area (Å²) < 4.78 is 0. The van der Waals surface area contributed by atoms with E-state index in [-0.39, 0.29) is 11.9 Å². The lowest BCUT2D eigenvalue weighted by Gasteiger charge is -2.21. The molecule has 1 aromatic carbocycles. The van der Waals surface area contributed by atoms with Crippen LogP contribution in [0.1, 0.15) is 29.8 Å². The maximum atomic E-state index is 12.1. The van der Waals surface area contributed by atoms with Crippen molar-refractivity contribution in [2.75, 3.05) is 7.05 Å². The molecule has 0 saturated heterocycles. The van der Waals surface area contributed by atoms with Crippen molar-refractivity contribution < 1.29 is 14.7 Å². The summed E-state index contributed by atoms with van der Waals surface area (Å²) in [6, 6.07) is 7.02. The second-order valence-corrected chi connectivity index (χ2v) is 4.31. The van der Waals surface area contributed by atoms with Gasteiger partial charge in [-0.1, -0.05) is 12.1 Å². The van der Waals surface area contributed by atoms with E-state index in [1.807, 2.05) is 13.8 Å². The summed E-state index contributed by atoms with van der Waals surface area (Å²) in [5.41, 5.74) is 1.25. The molecular formula is C14H17NO3. The number of rotatable bonds is 4. The molecule has 0 atom stereocenters. The highest BCUT2D eigenvalue weighted by atomic mass is 16.4. The molecule has 0 aliphatic rings. The molecule has 96 valence electrons. The van der Waals surface area contributed by atoms with Crippen LogP contribution in [0.3, 0.4) is 0 Å². The van der Waals surface area contributed by atoms with Gasteiger partial charge in [-0.15, -0.1) is 0 Å². The molecule has 1 amide bonds. The van der Waals surface area contributed by atoms with Gasteiger partial charge < -0.3 is 10.0 Å². The van der Waals surface area contributed by atoms with E-state index in [0.717, 1.165) is 6.08 Å². The highest BCUT2D eigenvalue weighted by Gasteiger charge is 2.13. The smallest absolute Gasteiger partial charge is 0.328 e. The van der Waals surface area contributed by atoms with Crippen LogP contribution in [-0.2, 0) is 4.79 Å². The van der Waals surface area contributed by atoms with Gasteiger partial charge in [-0.25, -0.2) is 4.79 Å². The van der Waals surface area contributed by atoms with Crippen molar-refractivity contribution in [2.24, 2.45) is 0 Å². The summed E-state index contributed by atoms with van der Waals surface area (Å²) in [5, 5.41) is 8.55. The van der Waals surface area contributed by atoms with Gasteiger partial charge in [-0.05, 0) is 37.6 Å². The Labute approximate surface area is 107 Å². The van der Waals surface area contributed by atoms with Gasteiger partial charge in [0, 0.05) is 24.7 Å². The van der Waals surface area contributed by atoms with E-state index in [0.29, 0.717) is 11.1 Å². The number of amides is 1. The van der Waals surface area contributed by atoms with Crippen molar-refractivity contribution >= 4 is 18.0 Å². The standard InChI is InChI=1S/C14H17NO3/c1-10(2)15(3)14(18)12-6-4-5-11(9-12)7-8-13(16)17/h4-10H,1-3H3,(H,16,17)/b8-7+. The lowest BCUT2D eigenvalue weighted by Crippen LogP contribution is -2.32. The molecule has 0 spiro atoms. The molecule has 0 radical (unpaired) electrons.